The molecule has 0 saturated carbocycles. The summed E-state index contributed by atoms with van der Waals surface area (Å²) in [5.74, 6) is 0.525. The number of hydrogen-bond donors (Lipinski definition) is 3. The molecule has 0 spiro atoms. The number of nitrogens with zero attached hydrogens (tertiary/aromatic N) is 3. The number of carbonyl (C=O) groups excluding carboxylic acids is 1. The summed E-state index contributed by atoms with van der Waals surface area (Å²) in [6.07, 6.45) is 5.52. The maximum Gasteiger partial charge on any atom is 0.239 e. The maximum atomic E-state index is 11.9. The molecule has 1 heterocycles. The third-order valence-corrected chi connectivity index (χ3v) is 3.53. The van der Waals surface area contributed by atoms with Gasteiger partial charge in [-0.15, -0.1) is 0 Å². The average Bonchev–Trinajstić information content (AvgIpc) is 3.07. The van der Waals surface area contributed by atoms with E-state index < -0.39 is 0 Å². The predicted molar refractivity (Wildman–Crippen MR) is 104 cm³/mol. The number of rotatable bonds is 6. The third-order valence-electron chi connectivity index (χ3n) is 3.53. The van der Waals surface area contributed by atoms with E-state index in [4.69, 9.17) is 0 Å². The van der Waals surface area contributed by atoms with Crippen molar-refractivity contribution in [3.8, 4) is 0 Å². The highest BCUT2D eigenvalue weighted by atomic mass is 16.2. The average molecular weight is 356 g/mol. The summed E-state index contributed by atoms with van der Waals surface area (Å²) in [4.78, 5) is 20.1. The second-order valence-electron chi connectivity index (χ2n) is 7.13. The highest BCUT2D eigenvalue weighted by Gasteiger charge is 2.13. The molecule has 1 amide bonds. The molecule has 1 aromatic carbocycles. The van der Waals surface area contributed by atoms with Crippen LogP contribution in [0.5, 0.6) is 0 Å². The molecule has 2 rings (SSSR count). The Hall–Kier alpha value is -2.83. The van der Waals surface area contributed by atoms with Crippen molar-refractivity contribution < 1.29 is 4.79 Å². The van der Waals surface area contributed by atoms with Crippen LogP contribution >= 0.6 is 0 Å². The van der Waals surface area contributed by atoms with E-state index in [1.165, 1.54) is 5.56 Å². The lowest BCUT2D eigenvalue weighted by Gasteiger charge is -2.21. The zero-order valence-electron chi connectivity index (χ0n) is 15.9. The van der Waals surface area contributed by atoms with Crippen LogP contribution in [0.4, 0.5) is 0 Å². The number of carbonyl (C=O) groups is 1. The van der Waals surface area contributed by atoms with Gasteiger partial charge < -0.3 is 20.5 Å². The van der Waals surface area contributed by atoms with Gasteiger partial charge in [-0.3, -0.25) is 9.79 Å². The summed E-state index contributed by atoms with van der Waals surface area (Å²) in [6.45, 7) is 7.45. The van der Waals surface area contributed by atoms with Crippen LogP contribution in [0.2, 0.25) is 0 Å². The molecule has 2 aromatic rings. The number of guanidine groups is 1. The standard InChI is InChI=1S/C19H28N6O/c1-19(2,3)24-17(26)12-23-18(20-4)22-11-15-6-5-7-16(10-15)13-25-9-8-21-14-25/h5-10,14H,11-13H2,1-4H3,(H,24,26)(H2,20,22,23). The Labute approximate surface area is 154 Å². The lowest BCUT2D eigenvalue weighted by Crippen LogP contribution is -2.48. The van der Waals surface area contributed by atoms with Gasteiger partial charge in [-0.05, 0) is 31.9 Å². The minimum absolute atomic E-state index is 0.0669. The van der Waals surface area contributed by atoms with E-state index in [0.717, 1.165) is 12.1 Å². The summed E-state index contributed by atoms with van der Waals surface area (Å²) in [5.41, 5.74) is 2.10. The van der Waals surface area contributed by atoms with Gasteiger partial charge in [-0.25, -0.2) is 4.98 Å². The fourth-order valence-corrected chi connectivity index (χ4v) is 2.46. The van der Waals surface area contributed by atoms with Crippen LogP contribution < -0.4 is 16.0 Å². The van der Waals surface area contributed by atoms with E-state index in [1.807, 2.05) is 37.6 Å². The molecule has 0 aliphatic rings. The van der Waals surface area contributed by atoms with Crippen molar-refractivity contribution >= 4 is 11.9 Å². The first-order chi connectivity index (χ1) is 12.4. The first kappa shape index (κ1) is 19.5. The van der Waals surface area contributed by atoms with Crippen molar-refractivity contribution in [2.75, 3.05) is 13.6 Å². The molecule has 1 aromatic heterocycles. The van der Waals surface area contributed by atoms with Gasteiger partial charge in [0.05, 0.1) is 12.9 Å². The fourth-order valence-electron chi connectivity index (χ4n) is 2.46. The molecular weight excluding hydrogens is 328 g/mol. The monoisotopic (exact) mass is 356 g/mol. The number of amides is 1. The summed E-state index contributed by atoms with van der Waals surface area (Å²) < 4.78 is 2.03. The summed E-state index contributed by atoms with van der Waals surface area (Å²) >= 11 is 0. The molecule has 0 fully saturated rings. The second kappa shape index (κ2) is 9.03. The van der Waals surface area contributed by atoms with Gasteiger partial charge in [-0.2, -0.15) is 0 Å². The number of imidazole rings is 1. The summed E-state index contributed by atoms with van der Waals surface area (Å²) in [7, 11) is 1.69. The molecule has 0 aliphatic carbocycles. The van der Waals surface area contributed by atoms with Crippen molar-refractivity contribution in [1.82, 2.24) is 25.5 Å². The van der Waals surface area contributed by atoms with Crippen LogP contribution in [-0.2, 0) is 17.9 Å². The van der Waals surface area contributed by atoms with E-state index in [0.29, 0.717) is 12.5 Å². The van der Waals surface area contributed by atoms with Gasteiger partial charge in [0.25, 0.3) is 0 Å². The Balaban J connectivity index is 1.83. The van der Waals surface area contributed by atoms with Gasteiger partial charge >= 0.3 is 0 Å². The molecule has 0 saturated heterocycles. The number of aliphatic imine (C=N–C) groups is 1. The van der Waals surface area contributed by atoms with Crippen molar-refractivity contribution in [2.45, 2.75) is 39.4 Å². The Morgan fingerprint density at radius 2 is 2.00 bits per heavy atom. The van der Waals surface area contributed by atoms with Crippen LogP contribution in [-0.4, -0.2) is 40.5 Å². The molecule has 140 valence electrons. The number of hydrogen-bond acceptors (Lipinski definition) is 3. The van der Waals surface area contributed by atoms with Crippen molar-refractivity contribution in [1.29, 1.82) is 0 Å². The smallest absolute Gasteiger partial charge is 0.239 e. The highest BCUT2D eigenvalue weighted by molar-refractivity contribution is 5.86. The zero-order chi connectivity index (χ0) is 19.0. The quantitative estimate of drug-likeness (QED) is 0.541. The Morgan fingerprint density at radius 3 is 2.65 bits per heavy atom. The van der Waals surface area contributed by atoms with Crippen molar-refractivity contribution in [3.05, 3.63) is 54.1 Å². The SMILES string of the molecule is CN=C(NCC(=O)NC(C)(C)C)NCc1cccc(Cn2ccnc2)c1. The fraction of sp³-hybridized carbons (Fsp3) is 0.421. The molecular formula is C19H28N6O. The topological polar surface area (TPSA) is 83.3 Å². The largest absolute Gasteiger partial charge is 0.352 e. The van der Waals surface area contributed by atoms with Crippen LogP contribution in [0.3, 0.4) is 0 Å². The molecule has 0 unspecified atom stereocenters. The van der Waals surface area contributed by atoms with Crippen LogP contribution in [0.1, 0.15) is 31.9 Å². The zero-order valence-corrected chi connectivity index (χ0v) is 15.9. The summed E-state index contributed by atoms with van der Waals surface area (Å²) in [5, 5.41) is 9.17. The first-order valence-corrected chi connectivity index (χ1v) is 8.65. The van der Waals surface area contributed by atoms with Gasteiger partial charge in [0.1, 0.15) is 0 Å². The van der Waals surface area contributed by atoms with E-state index >= 15 is 0 Å². The minimum Gasteiger partial charge on any atom is -0.352 e. The Kier molecular flexibility index (Phi) is 6.77. The lowest BCUT2D eigenvalue weighted by molar-refractivity contribution is -0.121. The Bertz CT molecular complexity index is 731. The molecule has 0 bridgehead atoms. The van der Waals surface area contributed by atoms with Crippen LogP contribution in [0.15, 0.2) is 48.0 Å². The Morgan fingerprint density at radius 1 is 1.23 bits per heavy atom. The molecule has 26 heavy (non-hydrogen) atoms. The van der Waals surface area contributed by atoms with Crippen LogP contribution in [0, 0.1) is 0 Å². The van der Waals surface area contributed by atoms with E-state index in [1.54, 1.807) is 19.6 Å². The van der Waals surface area contributed by atoms with Gasteiger partial charge in [0.15, 0.2) is 5.96 Å². The third kappa shape index (κ3) is 6.96. The van der Waals surface area contributed by atoms with Crippen molar-refractivity contribution in [2.24, 2.45) is 4.99 Å². The minimum atomic E-state index is -0.245. The van der Waals surface area contributed by atoms with Gasteiger partial charge in [0.2, 0.25) is 5.91 Å². The summed E-state index contributed by atoms with van der Waals surface area (Å²) in [6, 6.07) is 8.33. The number of nitrogens with one attached hydrogen (secondary N) is 3. The van der Waals surface area contributed by atoms with E-state index in [-0.39, 0.29) is 18.0 Å². The highest BCUT2D eigenvalue weighted by Crippen LogP contribution is 2.07. The molecule has 0 aliphatic heterocycles. The second-order valence-corrected chi connectivity index (χ2v) is 7.13. The first-order valence-electron chi connectivity index (χ1n) is 8.65. The lowest BCUT2D eigenvalue weighted by atomic mass is 10.1. The van der Waals surface area contributed by atoms with E-state index in [9.17, 15) is 4.79 Å². The maximum absolute atomic E-state index is 11.9. The normalized spacial score (nSPS) is 11.9. The molecule has 0 radical (unpaired) electrons. The molecule has 7 nitrogen and oxygen atoms in total. The van der Waals surface area contributed by atoms with Gasteiger partial charge in [0, 0.05) is 38.1 Å². The molecule has 0 atom stereocenters. The van der Waals surface area contributed by atoms with Gasteiger partial charge in [-0.1, -0.05) is 24.3 Å². The molecule has 3 N–H and O–H groups in total. The molecule has 7 heteroatoms. The predicted octanol–water partition coefficient (Wildman–Crippen LogP) is 1.51. The number of aromatic nitrogens is 2. The van der Waals surface area contributed by atoms with Crippen LogP contribution in [0.25, 0.3) is 0 Å². The number of benzene rings is 1. The van der Waals surface area contributed by atoms with E-state index in [2.05, 4.69) is 44.1 Å². The van der Waals surface area contributed by atoms with Crippen molar-refractivity contribution in [3.63, 3.8) is 0 Å².